The molecule has 1 spiro atoms. The molecule has 0 unspecified atom stereocenters. The Hall–Kier alpha value is -1.27. The van der Waals surface area contributed by atoms with Gasteiger partial charge in [0.2, 0.25) is 0 Å². The van der Waals surface area contributed by atoms with Gasteiger partial charge in [0.05, 0.1) is 31.0 Å². The second-order valence-corrected chi connectivity index (χ2v) is 19.0. The van der Waals surface area contributed by atoms with Gasteiger partial charge in [-0.25, -0.2) is 0 Å². The minimum Gasteiger partial charge on any atom is -0.463 e. The van der Waals surface area contributed by atoms with Crippen molar-refractivity contribution in [3.05, 3.63) is 11.6 Å². The molecule has 14 nitrogen and oxygen atoms in total. The van der Waals surface area contributed by atoms with Crippen LogP contribution in [0.1, 0.15) is 92.9 Å². The van der Waals surface area contributed by atoms with Crippen LogP contribution in [0.25, 0.3) is 0 Å². The average Bonchev–Trinajstić information content (AvgIpc) is 3.59. The summed E-state index contributed by atoms with van der Waals surface area (Å²) in [6, 6.07) is 0. The molecule has 55 heavy (non-hydrogen) atoms. The van der Waals surface area contributed by atoms with Crippen molar-refractivity contribution >= 4 is 5.97 Å². The number of hydrogen-bond acceptors (Lipinski definition) is 14. The van der Waals surface area contributed by atoms with Crippen LogP contribution in [-0.2, 0) is 38.0 Å². The summed E-state index contributed by atoms with van der Waals surface area (Å²) in [5, 5.41) is 65.6. The lowest BCUT2D eigenvalue weighted by Gasteiger charge is -2.60. The molecular formula is C41H64O14. The first kappa shape index (κ1) is 40.5. The fourth-order valence-corrected chi connectivity index (χ4v) is 12.8. The zero-order chi connectivity index (χ0) is 39.4. The van der Waals surface area contributed by atoms with Crippen molar-refractivity contribution in [2.75, 3.05) is 13.2 Å². The summed E-state index contributed by atoms with van der Waals surface area (Å²) in [4.78, 5) is 11.8. The van der Waals surface area contributed by atoms with Gasteiger partial charge in [-0.2, -0.15) is 0 Å². The predicted molar refractivity (Wildman–Crippen MR) is 192 cm³/mol. The summed E-state index contributed by atoms with van der Waals surface area (Å²) in [7, 11) is 0. The molecule has 4 heterocycles. The molecule has 0 aromatic rings. The summed E-state index contributed by atoms with van der Waals surface area (Å²) in [5.74, 6) is 1.14. The first-order chi connectivity index (χ1) is 26.0. The number of ether oxygens (including phenoxy) is 7. The van der Waals surface area contributed by atoms with Gasteiger partial charge >= 0.3 is 5.97 Å². The van der Waals surface area contributed by atoms with E-state index in [1.165, 1.54) is 13.8 Å². The van der Waals surface area contributed by atoms with E-state index in [4.69, 9.17) is 33.2 Å². The topological polar surface area (TPSA) is 203 Å². The van der Waals surface area contributed by atoms with Gasteiger partial charge in [-0.1, -0.05) is 39.3 Å². The van der Waals surface area contributed by atoms with Crippen LogP contribution in [0.4, 0.5) is 0 Å². The summed E-state index contributed by atoms with van der Waals surface area (Å²) in [6.07, 6.45) is -6.41. The fourth-order valence-electron chi connectivity index (χ4n) is 12.8. The van der Waals surface area contributed by atoms with Gasteiger partial charge in [-0.3, -0.25) is 4.79 Å². The van der Waals surface area contributed by atoms with Crippen molar-refractivity contribution in [3.63, 3.8) is 0 Å². The molecule has 312 valence electrons. The molecule has 8 aliphatic rings. The lowest BCUT2D eigenvalue weighted by molar-refractivity contribution is -0.374. The molecule has 22 atom stereocenters. The van der Waals surface area contributed by atoms with Crippen molar-refractivity contribution in [1.29, 1.82) is 0 Å². The maximum Gasteiger partial charge on any atom is 0.302 e. The van der Waals surface area contributed by atoms with Crippen LogP contribution in [0.15, 0.2) is 11.6 Å². The number of esters is 1. The van der Waals surface area contributed by atoms with Crippen LogP contribution < -0.4 is 0 Å². The van der Waals surface area contributed by atoms with E-state index in [1.807, 2.05) is 0 Å². The molecule has 4 aliphatic heterocycles. The average molecular weight is 781 g/mol. The van der Waals surface area contributed by atoms with Gasteiger partial charge in [0, 0.05) is 31.1 Å². The maximum absolute atomic E-state index is 11.8. The Kier molecular flexibility index (Phi) is 10.9. The number of aliphatic hydroxyl groups excluding tert-OH is 6. The molecule has 0 bridgehead atoms. The van der Waals surface area contributed by atoms with Crippen molar-refractivity contribution in [1.82, 2.24) is 0 Å². The first-order valence-electron chi connectivity index (χ1n) is 20.8. The SMILES string of the molecule is CC(=O)OC[C@H]1O[C@@H](O[C@@H]2C[C@H](O)CC3=CC[C@H]4[C@@H]5C[C@@H]6O[C@]7(CC[C@@H](C)CO7)[C@@H](C)[C@@H]6[C@@]5(C)CC[C@@H]4[C@]32C)[C@H](O[C@@H]2O[C@@H](C)[C@H](O)[C@@H](O)[C@H]2O)[C@@H](O)[C@H]1O. The van der Waals surface area contributed by atoms with E-state index in [0.717, 1.165) is 50.7 Å². The number of carbonyl (C=O) groups is 1. The Balaban J connectivity index is 1.07. The highest BCUT2D eigenvalue weighted by Crippen LogP contribution is 2.71. The van der Waals surface area contributed by atoms with E-state index in [2.05, 4.69) is 33.8 Å². The van der Waals surface area contributed by atoms with Crippen LogP contribution in [0.5, 0.6) is 0 Å². The van der Waals surface area contributed by atoms with Gasteiger partial charge in [-0.05, 0) is 80.5 Å². The zero-order valence-corrected chi connectivity index (χ0v) is 33.1. The van der Waals surface area contributed by atoms with Crippen molar-refractivity contribution in [2.24, 2.45) is 46.3 Å². The molecule has 4 saturated heterocycles. The summed E-state index contributed by atoms with van der Waals surface area (Å²) < 4.78 is 43.7. The smallest absolute Gasteiger partial charge is 0.302 e. The third-order valence-electron chi connectivity index (χ3n) is 15.9. The molecule has 0 aromatic carbocycles. The minimum absolute atomic E-state index is 0.0825. The number of allylic oxidation sites excluding steroid dienone is 1. The third-order valence-corrected chi connectivity index (χ3v) is 15.9. The van der Waals surface area contributed by atoms with E-state index >= 15 is 0 Å². The Morgan fingerprint density at radius 2 is 1.64 bits per heavy atom. The largest absolute Gasteiger partial charge is 0.463 e. The Morgan fingerprint density at radius 3 is 2.35 bits per heavy atom. The molecule has 0 aromatic heterocycles. The fraction of sp³-hybridized carbons (Fsp3) is 0.927. The predicted octanol–water partition coefficient (Wildman–Crippen LogP) is 1.93. The van der Waals surface area contributed by atoms with E-state index in [9.17, 15) is 35.4 Å². The van der Waals surface area contributed by atoms with Crippen LogP contribution in [-0.4, -0.2) is 135 Å². The standard InChI is InChI=1S/C41H64O14/c1-18-9-12-41(50-16-18)19(2)30-27(55-41)15-26-24-8-7-22-13-23(43)14-29(40(22,6)25(24)10-11-39(26,30)5)53-38-36(34(47)32(45)28(52-38)17-49-21(4)42)54-37-35(48)33(46)31(44)20(3)51-37/h7,18-20,23-38,43-48H,8-17H2,1-6H3/t18-,19+,20+,23-,24-,25+,26+,27+,28-,29-,30+,31+,32+,33-,34+,35-,36-,37+,38+,39+,40+,41-/m1/s1. The molecule has 14 heteroatoms. The van der Waals surface area contributed by atoms with Crippen LogP contribution in [0.3, 0.4) is 0 Å². The van der Waals surface area contributed by atoms with E-state index in [1.54, 1.807) is 0 Å². The Labute approximate surface area is 323 Å². The molecule has 3 saturated carbocycles. The number of hydrogen-bond donors (Lipinski definition) is 6. The minimum atomic E-state index is -1.69. The molecule has 0 amide bonds. The van der Waals surface area contributed by atoms with E-state index in [-0.39, 0.29) is 30.5 Å². The van der Waals surface area contributed by atoms with Gasteiger partial charge < -0.3 is 63.8 Å². The van der Waals surface area contributed by atoms with Gasteiger partial charge in [0.1, 0.15) is 49.3 Å². The van der Waals surface area contributed by atoms with E-state index < -0.39 is 90.8 Å². The summed E-state index contributed by atoms with van der Waals surface area (Å²) in [6.45, 7) is 12.4. The lowest BCUT2D eigenvalue weighted by atomic mass is 9.46. The molecule has 4 aliphatic carbocycles. The van der Waals surface area contributed by atoms with Gasteiger partial charge in [0.25, 0.3) is 0 Å². The molecule has 6 N–H and O–H groups in total. The molecule has 7 fully saturated rings. The van der Waals surface area contributed by atoms with Gasteiger partial charge in [-0.15, -0.1) is 0 Å². The molecular weight excluding hydrogens is 716 g/mol. The summed E-state index contributed by atoms with van der Waals surface area (Å²) in [5.41, 5.74) is 0.696. The quantitative estimate of drug-likeness (QED) is 0.169. The highest BCUT2D eigenvalue weighted by Gasteiger charge is 2.69. The van der Waals surface area contributed by atoms with Crippen molar-refractivity contribution in [3.8, 4) is 0 Å². The number of rotatable bonds is 6. The van der Waals surface area contributed by atoms with Crippen LogP contribution in [0.2, 0.25) is 0 Å². The normalized spacial score (nSPS) is 56.2. The van der Waals surface area contributed by atoms with Crippen LogP contribution in [0, 0.1) is 46.3 Å². The lowest BCUT2D eigenvalue weighted by Crippen LogP contribution is -2.65. The second kappa shape index (κ2) is 14.8. The molecule has 8 rings (SSSR count). The Morgan fingerprint density at radius 1 is 0.873 bits per heavy atom. The zero-order valence-electron chi connectivity index (χ0n) is 33.1. The van der Waals surface area contributed by atoms with Crippen molar-refractivity contribution < 1.29 is 68.6 Å². The number of fused-ring (bicyclic) bond motifs is 7. The Bertz CT molecular complexity index is 1450. The van der Waals surface area contributed by atoms with Gasteiger partial charge in [0.15, 0.2) is 18.4 Å². The van der Waals surface area contributed by atoms with Crippen LogP contribution >= 0.6 is 0 Å². The second-order valence-electron chi connectivity index (χ2n) is 19.0. The molecule has 0 radical (unpaired) electrons. The first-order valence-corrected chi connectivity index (χ1v) is 20.8. The van der Waals surface area contributed by atoms with E-state index in [0.29, 0.717) is 36.0 Å². The number of aliphatic hydroxyl groups is 6. The van der Waals surface area contributed by atoms with Crippen molar-refractivity contribution in [2.45, 2.75) is 178 Å². The number of carbonyl (C=O) groups excluding carboxylic acids is 1. The summed E-state index contributed by atoms with van der Waals surface area (Å²) >= 11 is 0. The highest BCUT2D eigenvalue weighted by atomic mass is 16.8. The highest BCUT2D eigenvalue weighted by molar-refractivity contribution is 5.65. The monoisotopic (exact) mass is 780 g/mol. The maximum atomic E-state index is 11.8. The third kappa shape index (κ3) is 6.57.